The third-order valence-electron chi connectivity index (χ3n) is 4.59. The Balaban J connectivity index is 2.45. The minimum absolute atomic E-state index is 0.00230. The largest absolute Gasteiger partial charge is 0.468 e. The van der Waals surface area contributed by atoms with Gasteiger partial charge in [-0.05, 0) is 24.1 Å². The number of ether oxygens (including phenoxy) is 2. The fraction of sp³-hybridized carbons (Fsp3) is 0.381. The van der Waals surface area contributed by atoms with Crippen molar-refractivity contribution in [2.75, 3.05) is 26.5 Å². The molecule has 0 radical (unpaired) electrons. The molecule has 1 aromatic rings. The second-order valence-corrected chi connectivity index (χ2v) is 7.56. The van der Waals surface area contributed by atoms with Gasteiger partial charge in [-0.2, -0.15) is 5.26 Å². The summed E-state index contributed by atoms with van der Waals surface area (Å²) < 4.78 is 9.46. The molecule has 1 aromatic carbocycles. The molecular weight excluding hydrogens is 422 g/mol. The molecule has 31 heavy (non-hydrogen) atoms. The Hall–Kier alpha value is -3.32. The maximum atomic E-state index is 12.7. The predicted octanol–water partition coefficient (Wildman–Crippen LogP) is 1.47. The molecule has 0 saturated heterocycles. The van der Waals surface area contributed by atoms with E-state index in [1.54, 1.807) is 12.1 Å². The van der Waals surface area contributed by atoms with E-state index in [4.69, 9.17) is 4.74 Å². The van der Waals surface area contributed by atoms with Crippen LogP contribution in [0.4, 0.5) is 0 Å². The fourth-order valence-electron chi connectivity index (χ4n) is 3.08. The van der Waals surface area contributed by atoms with E-state index >= 15 is 0 Å². The van der Waals surface area contributed by atoms with Crippen LogP contribution in [0.15, 0.2) is 34.9 Å². The van der Waals surface area contributed by atoms with Crippen LogP contribution in [0.5, 0.6) is 0 Å². The second-order valence-electron chi connectivity index (χ2n) is 6.57. The van der Waals surface area contributed by atoms with Gasteiger partial charge in [0.1, 0.15) is 5.92 Å². The Labute approximate surface area is 184 Å². The van der Waals surface area contributed by atoms with Crippen molar-refractivity contribution in [2.24, 2.45) is 5.92 Å². The minimum Gasteiger partial charge on any atom is -0.468 e. The first-order valence-electron chi connectivity index (χ1n) is 9.48. The molecule has 2 N–H and O–H groups in total. The Morgan fingerprint density at radius 1 is 1.19 bits per heavy atom. The predicted molar refractivity (Wildman–Crippen MR) is 113 cm³/mol. The zero-order chi connectivity index (χ0) is 23.0. The summed E-state index contributed by atoms with van der Waals surface area (Å²) in [6.07, 6.45) is 0.781. The van der Waals surface area contributed by atoms with Gasteiger partial charge in [0, 0.05) is 12.5 Å². The molecular formula is C21H23N3O6S. The third kappa shape index (κ3) is 5.64. The number of nitriles is 1. The maximum absolute atomic E-state index is 12.7. The molecule has 0 fully saturated rings. The number of hydrogen-bond acceptors (Lipinski definition) is 8. The molecule has 10 heteroatoms. The molecule has 0 saturated carbocycles. The van der Waals surface area contributed by atoms with Gasteiger partial charge in [-0.3, -0.25) is 14.4 Å². The van der Waals surface area contributed by atoms with Gasteiger partial charge >= 0.3 is 11.9 Å². The molecule has 2 atom stereocenters. The third-order valence-corrected chi connectivity index (χ3v) is 5.61. The standard InChI is InChI=1S/C21H23N3O6S/c1-4-9-23-15(25)11-31-19-14(10-22)16(17(18(26)24-19)21(28)30-3)12-5-7-13(8-6-12)20(27)29-2/h5-8,16-17H,4,9,11H2,1-3H3,(H,23,25)(H,24,26)/t16-,17-/m1/s1. The van der Waals surface area contributed by atoms with Crippen molar-refractivity contribution < 1.29 is 28.7 Å². The number of methoxy groups -OCH3 is 2. The Bertz CT molecular complexity index is 935. The van der Waals surface area contributed by atoms with Crippen molar-refractivity contribution in [3.8, 4) is 6.07 Å². The van der Waals surface area contributed by atoms with E-state index in [-0.39, 0.29) is 27.8 Å². The van der Waals surface area contributed by atoms with Crippen LogP contribution in [-0.2, 0) is 23.9 Å². The lowest BCUT2D eigenvalue weighted by Gasteiger charge is -2.31. The number of carbonyl (C=O) groups excluding carboxylic acids is 4. The first kappa shape index (κ1) is 24.0. The summed E-state index contributed by atoms with van der Waals surface area (Å²) in [5.74, 6) is -4.43. The highest BCUT2D eigenvalue weighted by atomic mass is 32.2. The van der Waals surface area contributed by atoms with Gasteiger partial charge in [-0.25, -0.2) is 4.79 Å². The number of carbonyl (C=O) groups is 4. The van der Waals surface area contributed by atoms with Crippen LogP contribution in [0, 0.1) is 17.2 Å². The Kier molecular flexibility index (Phi) is 8.63. The summed E-state index contributed by atoms with van der Waals surface area (Å²) in [7, 11) is 2.41. The number of amides is 2. The van der Waals surface area contributed by atoms with Crippen LogP contribution in [-0.4, -0.2) is 50.3 Å². The number of esters is 2. The van der Waals surface area contributed by atoms with Crippen LogP contribution in [0.3, 0.4) is 0 Å². The summed E-state index contributed by atoms with van der Waals surface area (Å²) in [4.78, 5) is 48.8. The highest BCUT2D eigenvalue weighted by Crippen LogP contribution is 2.40. The molecule has 1 heterocycles. The van der Waals surface area contributed by atoms with Gasteiger partial charge in [-0.15, -0.1) is 0 Å². The summed E-state index contributed by atoms with van der Waals surface area (Å²) in [6, 6.07) is 8.15. The average molecular weight is 445 g/mol. The topological polar surface area (TPSA) is 135 Å². The summed E-state index contributed by atoms with van der Waals surface area (Å²) in [5, 5.41) is 15.3. The highest BCUT2D eigenvalue weighted by molar-refractivity contribution is 8.03. The van der Waals surface area contributed by atoms with Crippen LogP contribution < -0.4 is 10.6 Å². The quantitative estimate of drug-likeness (QED) is 0.454. The lowest BCUT2D eigenvalue weighted by Crippen LogP contribution is -2.44. The molecule has 2 amide bonds. The zero-order valence-corrected chi connectivity index (χ0v) is 18.2. The van der Waals surface area contributed by atoms with E-state index in [0.717, 1.165) is 25.3 Å². The zero-order valence-electron chi connectivity index (χ0n) is 17.4. The molecule has 0 aromatic heterocycles. The number of nitrogens with one attached hydrogen (secondary N) is 2. The van der Waals surface area contributed by atoms with Crippen molar-refractivity contribution in [1.29, 1.82) is 5.26 Å². The van der Waals surface area contributed by atoms with Crippen molar-refractivity contribution in [3.05, 3.63) is 46.0 Å². The number of thioether (sulfide) groups is 1. The molecule has 1 aliphatic heterocycles. The molecule has 9 nitrogen and oxygen atoms in total. The molecule has 2 rings (SSSR count). The molecule has 0 bridgehead atoms. The minimum atomic E-state index is -1.29. The smallest absolute Gasteiger partial charge is 0.337 e. The summed E-state index contributed by atoms with van der Waals surface area (Å²) >= 11 is 1.01. The van der Waals surface area contributed by atoms with Crippen LogP contribution in [0.2, 0.25) is 0 Å². The summed E-state index contributed by atoms with van der Waals surface area (Å²) in [6.45, 7) is 2.45. The number of allylic oxidation sites excluding steroid dienone is 1. The highest BCUT2D eigenvalue weighted by Gasteiger charge is 2.44. The van der Waals surface area contributed by atoms with E-state index in [2.05, 4.69) is 21.4 Å². The molecule has 0 aliphatic carbocycles. The monoisotopic (exact) mass is 445 g/mol. The molecule has 1 aliphatic rings. The molecule has 164 valence electrons. The van der Waals surface area contributed by atoms with E-state index in [1.807, 2.05) is 6.92 Å². The van der Waals surface area contributed by atoms with Gasteiger partial charge in [0.25, 0.3) is 0 Å². The maximum Gasteiger partial charge on any atom is 0.337 e. The lowest BCUT2D eigenvalue weighted by molar-refractivity contribution is -0.150. The van der Waals surface area contributed by atoms with Crippen LogP contribution in [0.25, 0.3) is 0 Å². The lowest BCUT2D eigenvalue weighted by atomic mass is 9.78. The Morgan fingerprint density at radius 2 is 1.87 bits per heavy atom. The van der Waals surface area contributed by atoms with Crippen LogP contribution in [0.1, 0.15) is 35.2 Å². The van der Waals surface area contributed by atoms with Gasteiger partial charge in [0.2, 0.25) is 11.8 Å². The SMILES string of the molecule is CCCNC(=O)CSC1=C(C#N)[C@@H](c2ccc(C(=O)OC)cc2)[C@@H](C(=O)OC)C(=O)N1. The van der Waals surface area contributed by atoms with Crippen molar-refractivity contribution >= 4 is 35.5 Å². The van der Waals surface area contributed by atoms with E-state index in [1.165, 1.54) is 19.2 Å². The number of benzene rings is 1. The normalized spacial score (nSPS) is 17.9. The van der Waals surface area contributed by atoms with Gasteiger partial charge in [0.15, 0.2) is 0 Å². The second kappa shape index (κ2) is 11.2. The number of nitrogens with zero attached hydrogens (tertiary/aromatic N) is 1. The Morgan fingerprint density at radius 3 is 2.42 bits per heavy atom. The van der Waals surface area contributed by atoms with Gasteiger partial charge < -0.3 is 20.1 Å². The van der Waals surface area contributed by atoms with E-state index in [0.29, 0.717) is 12.1 Å². The number of hydrogen-bond donors (Lipinski definition) is 2. The van der Waals surface area contributed by atoms with Crippen LogP contribution >= 0.6 is 11.8 Å². The summed E-state index contributed by atoms with van der Waals surface area (Å²) in [5.41, 5.74) is 0.892. The number of rotatable bonds is 8. The first-order valence-corrected chi connectivity index (χ1v) is 10.5. The molecule has 0 unspecified atom stereocenters. The van der Waals surface area contributed by atoms with Crippen molar-refractivity contribution in [2.45, 2.75) is 19.3 Å². The fourth-order valence-corrected chi connectivity index (χ4v) is 3.96. The van der Waals surface area contributed by atoms with Crippen molar-refractivity contribution in [3.63, 3.8) is 0 Å². The van der Waals surface area contributed by atoms with E-state index < -0.39 is 29.7 Å². The molecule has 0 spiro atoms. The van der Waals surface area contributed by atoms with Gasteiger partial charge in [0.05, 0.1) is 42.2 Å². The average Bonchev–Trinajstić information content (AvgIpc) is 2.79. The van der Waals surface area contributed by atoms with Gasteiger partial charge in [-0.1, -0.05) is 30.8 Å². The van der Waals surface area contributed by atoms with Crippen molar-refractivity contribution in [1.82, 2.24) is 10.6 Å². The first-order chi connectivity index (χ1) is 14.9. The van der Waals surface area contributed by atoms with E-state index in [9.17, 15) is 24.4 Å².